The Hall–Kier alpha value is -1.09. The Balaban J connectivity index is 1.94. The van der Waals surface area contributed by atoms with Crippen molar-refractivity contribution in [1.82, 2.24) is 4.98 Å². The zero-order valence-corrected chi connectivity index (χ0v) is 11.3. The maximum absolute atomic E-state index is 5.86. The van der Waals surface area contributed by atoms with Crippen molar-refractivity contribution >= 4 is 0 Å². The lowest BCUT2D eigenvalue weighted by Gasteiger charge is -2.21. The minimum atomic E-state index is 0.551. The van der Waals surface area contributed by atoms with Crippen LogP contribution < -0.4 is 10.5 Å². The number of hydrogen-bond donors (Lipinski definition) is 1. The molecule has 2 N–H and O–H groups in total. The van der Waals surface area contributed by atoms with Crippen LogP contribution in [-0.2, 0) is 13.0 Å². The molecule has 2 rings (SSSR count). The summed E-state index contributed by atoms with van der Waals surface area (Å²) in [4.78, 5) is 4.51. The Morgan fingerprint density at radius 1 is 1.28 bits per heavy atom. The molecule has 0 spiro atoms. The Morgan fingerprint density at radius 3 is 2.72 bits per heavy atom. The molecule has 0 saturated heterocycles. The van der Waals surface area contributed by atoms with Crippen molar-refractivity contribution in [2.24, 2.45) is 11.7 Å². The minimum absolute atomic E-state index is 0.551. The van der Waals surface area contributed by atoms with Crippen LogP contribution in [0.1, 0.15) is 50.3 Å². The van der Waals surface area contributed by atoms with E-state index in [0.717, 1.165) is 30.2 Å². The Morgan fingerprint density at radius 2 is 2.06 bits per heavy atom. The van der Waals surface area contributed by atoms with Crippen LogP contribution in [0.25, 0.3) is 0 Å². The average Bonchev–Trinajstić information content (AvgIpc) is 2.45. The highest BCUT2D eigenvalue weighted by atomic mass is 16.5. The van der Waals surface area contributed by atoms with Crippen molar-refractivity contribution in [2.45, 2.75) is 52.0 Å². The minimum Gasteiger partial charge on any atom is -0.477 e. The maximum atomic E-state index is 5.86. The summed E-state index contributed by atoms with van der Waals surface area (Å²) in [6.07, 6.45) is 7.62. The van der Waals surface area contributed by atoms with Crippen LogP contribution in [0.15, 0.2) is 12.1 Å². The van der Waals surface area contributed by atoms with Crippen LogP contribution in [0, 0.1) is 5.92 Å². The summed E-state index contributed by atoms with van der Waals surface area (Å²) in [5.41, 5.74) is 7.88. The summed E-state index contributed by atoms with van der Waals surface area (Å²) in [7, 11) is 0. The van der Waals surface area contributed by atoms with E-state index in [9.17, 15) is 0 Å². The molecule has 0 aromatic carbocycles. The van der Waals surface area contributed by atoms with E-state index in [1.807, 2.05) is 6.07 Å². The van der Waals surface area contributed by atoms with Gasteiger partial charge in [0.25, 0.3) is 0 Å². The molecule has 1 aromatic rings. The molecular formula is C15H24N2O. The number of pyridine rings is 1. The molecular weight excluding hydrogens is 224 g/mol. The zero-order chi connectivity index (χ0) is 12.8. The van der Waals surface area contributed by atoms with E-state index in [4.69, 9.17) is 10.5 Å². The van der Waals surface area contributed by atoms with Gasteiger partial charge in [0, 0.05) is 18.3 Å². The third-order valence-electron chi connectivity index (χ3n) is 3.70. The second kappa shape index (κ2) is 6.74. The van der Waals surface area contributed by atoms with E-state index in [2.05, 4.69) is 18.0 Å². The highest BCUT2D eigenvalue weighted by Crippen LogP contribution is 2.24. The van der Waals surface area contributed by atoms with E-state index >= 15 is 0 Å². The normalized spacial score (nSPS) is 16.8. The lowest BCUT2D eigenvalue weighted by molar-refractivity contribution is 0.202. The Kier molecular flexibility index (Phi) is 5.00. The third-order valence-corrected chi connectivity index (χ3v) is 3.70. The SMILES string of the molecule is CCc1cc(CN)cc(OCC2CCCCC2)n1. The summed E-state index contributed by atoms with van der Waals surface area (Å²) < 4.78 is 5.86. The number of hydrogen-bond acceptors (Lipinski definition) is 3. The molecule has 3 nitrogen and oxygen atoms in total. The summed E-state index contributed by atoms with van der Waals surface area (Å²) >= 11 is 0. The highest BCUT2D eigenvalue weighted by molar-refractivity contribution is 5.25. The van der Waals surface area contributed by atoms with Crippen molar-refractivity contribution < 1.29 is 4.74 Å². The van der Waals surface area contributed by atoms with Crippen LogP contribution in [-0.4, -0.2) is 11.6 Å². The standard InChI is InChI=1S/C15H24N2O/c1-2-14-8-13(10-16)9-15(17-14)18-11-12-6-4-3-5-7-12/h8-9,12H,2-7,10-11,16H2,1H3. The van der Waals surface area contributed by atoms with Crippen LogP contribution in [0.2, 0.25) is 0 Å². The van der Waals surface area contributed by atoms with Crippen LogP contribution in [0.3, 0.4) is 0 Å². The van der Waals surface area contributed by atoms with Crippen LogP contribution in [0.4, 0.5) is 0 Å². The first-order valence-corrected chi connectivity index (χ1v) is 7.14. The largest absolute Gasteiger partial charge is 0.477 e. The van der Waals surface area contributed by atoms with E-state index in [-0.39, 0.29) is 0 Å². The first kappa shape index (κ1) is 13.3. The summed E-state index contributed by atoms with van der Waals surface area (Å²) in [6.45, 7) is 3.47. The molecule has 0 unspecified atom stereocenters. The number of aryl methyl sites for hydroxylation is 1. The lowest BCUT2D eigenvalue weighted by Crippen LogP contribution is -2.16. The van der Waals surface area contributed by atoms with Gasteiger partial charge in [-0.15, -0.1) is 0 Å². The van der Waals surface area contributed by atoms with Gasteiger partial charge in [-0.3, -0.25) is 0 Å². The number of nitrogens with two attached hydrogens (primary N) is 1. The fourth-order valence-electron chi connectivity index (χ4n) is 2.55. The molecule has 3 heteroatoms. The van der Waals surface area contributed by atoms with Gasteiger partial charge in [-0.25, -0.2) is 4.98 Å². The monoisotopic (exact) mass is 248 g/mol. The highest BCUT2D eigenvalue weighted by Gasteiger charge is 2.14. The molecule has 18 heavy (non-hydrogen) atoms. The van der Waals surface area contributed by atoms with Crippen molar-refractivity contribution in [1.29, 1.82) is 0 Å². The fourth-order valence-corrected chi connectivity index (χ4v) is 2.55. The van der Waals surface area contributed by atoms with E-state index in [1.165, 1.54) is 32.1 Å². The second-order valence-electron chi connectivity index (χ2n) is 5.18. The first-order chi connectivity index (χ1) is 8.81. The summed E-state index contributed by atoms with van der Waals surface area (Å²) in [6, 6.07) is 4.04. The number of ether oxygens (including phenoxy) is 1. The number of aromatic nitrogens is 1. The predicted molar refractivity (Wildman–Crippen MR) is 73.6 cm³/mol. The fraction of sp³-hybridized carbons (Fsp3) is 0.667. The summed E-state index contributed by atoms with van der Waals surface area (Å²) in [5, 5.41) is 0. The third kappa shape index (κ3) is 3.70. The zero-order valence-electron chi connectivity index (χ0n) is 11.3. The van der Waals surface area contributed by atoms with Crippen LogP contribution in [0.5, 0.6) is 5.88 Å². The van der Waals surface area contributed by atoms with Gasteiger partial charge in [0.05, 0.1) is 6.61 Å². The molecule has 1 aliphatic rings. The quantitative estimate of drug-likeness (QED) is 0.871. The lowest BCUT2D eigenvalue weighted by atomic mass is 9.90. The van der Waals surface area contributed by atoms with E-state index in [0.29, 0.717) is 12.5 Å². The van der Waals surface area contributed by atoms with Crippen molar-refractivity contribution in [3.63, 3.8) is 0 Å². The molecule has 0 bridgehead atoms. The first-order valence-electron chi connectivity index (χ1n) is 7.14. The predicted octanol–water partition coefficient (Wildman–Crippen LogP) is 3.06. The smallest absolute Gasteiger partial charge is 0.213 e. The summed E-state index contributed by atoms with van der Waals surface area (Å²) in [5.74, 6) is 1.47. The topological polar surface area (TPSA) is 48.1 Å². The van der Waals surface area contributed by atoms with Crippen molar-refractivity contribution in [2.75, 3.05) is 6.61 Å². The molecule has 100 valence electrons. The molecule has 1 heterocycles. The van der Waals surface area contributed by atoms with Gasteiger partial charge in [-0.05, 0) is 36.8 Å². The van der Waals surface area contributed by atoms with E-state index in [1.54, 1.807) is 0 Å². The van der Waals surface area contributed by atoms with Gasteiger partial charge in [-0.2, -0.15) is 0 Å². The van der Waals surface area contributed by atoms with E-state index < -0.39 is 0 Å². The maximum Gasteiger partial charge on any atom is 0.213 e. The van der Waals surface area contributed by atoms with Gasteiger partial charge in [0.15, 0.2) is 0 Å². The van der Waals surface area contributed by atoms with Gasteiger partial charge in [0.1, 0.15) is 0 Å². The van der Waals surface area contributed by atoms with Crippen molar-refractivity contribution in [3.8, 4) is 5.88 Å². The molecule has 0 aliphatic heterocycles. The molecule has 1 aromatic heterocycles. The number of nitrogens with zero attached hydrogens (tertiary/aromatic N) is 1. The molecule has 0 atom stereocenters. The van der Waals surface area contributed by atoms with Gasteiger partial charge in [0.2, 0.25) is 5.88 Å². The Bertz CT molecular complexity index is 351. The molecule has 1 saturated carbocycles. The molecule has 0 amide bonds. The average molecular weight is 248 g/mol. The van der Waals surface area contributed by atoms with Crippen LogP contribution >= 0.6 is 0 Å². The molecule has 1 aliphatic carbocycles. The van der Waals surface area contributed by atoms with Gasteiger partial charge in [-0.1, -0.05) is 26.2 Å². The van der Waals surface area contributed by atoms with Gasteiger partial charge < -0.3 is 10.5 Å². The molecule has 0 radical (unpaired) electrons. The Labute approximate surface area is 110 Å². The number of rotatable bonds is 5. The van der Waals surface area contributed by atoms with Crippen molar-refractivity contribution in [3.05, 3.63) is 23.4 Å². The van der Waals surface area contributed by atoms with Gasteiger partial charge >= 0.3 is 0 Å². The molecule has 1 fully saturated rings. The second-order valence-corrected chi connectivity index (χ2v) is 5.18.